The maximum absolute atomic E-state index is 15.5. The summed E-state index contributed by atoms with van der Waals surface area (Å²) in [4.78, 5) is 37.1. The number of nitrogens with one attached hydrogen (secondary N) is 2. The molecule has 2 spiro atoms. The maximum Gasteiger partial charge on any atom is 0.334 e. The molecule has 0 radical (unpaired) electrons. The van der Waals surface area contributed by atoms with Gasteiger partial charge in [-0.25, -0.2) is 4.79 Å². The molecule has 4 aromatic rings. The van der Waals surface area contributed by atoms with Gasteiger partial charge in [-0.3, -0.25) is 19.9 Å². The minimum atomic E-state index is -1.24. The number of phenols is 1. The van der Waals surface area contributed by atoms with Gasteiger partial charge in [0.25, 0.3) is 0 Å². The standard InChI is InChI=1S/C42H44N4O9S/c1-18-11-21-12-22-15-46-27-14-42(30-29(27)37-36(52-17-53-37)19(2)35(30)54-20(3)47)39(32(46)31(45(22)4)28(21)33(48)34(18)51-6)56-16-41(40(49)55-42)38-24(9-10-43-41)25-13-23(50-5)7-8-26(25)44-38/h7-8,11,13,22,27,31-32,39,43-44,48H,9-10,12,14-17H2,1-6H3/t22?,27?,31?,32?,39?,41-,42?/m1/s1. The van der Waals surface area contributed by atoms with Crippen molar-refractivity contribution in [2.45, 2.75) is 80.6 Å². The molecule has 3 aromatic carbocycles. The normalized spacial score (nSPS) is 30.8. The zero-order chi connectivity index (χ0) is 38.6. The molecule has 2 saturated heterocycles. The molecule has 14 heteroatoms. The average molecular weight is 781 g/mol. The van der Waals surface area contributed by atoms with E-state index in [9.17, 15) is 9.90 Å². The van der Waals surface area contributed by atoms with Gasteiger partial charge in [0, 0.05) is 83.5 Å². The molecular formula is C42H44N4O9S. The third-order valence-electron chi connectivity index (χ3n) is 13.8. The highest BCUT2D eigenvalue weighted by molar-refractivity contribution is 8.00. The summed E-state index contributed by atoms with van der Waals surface area (Å²) in [5.41, 5.74) is 5.34. The summed E-state index contributed by atoms with van der Waals surface area (Å²) < 4.78 is 37.3. The lowest BCUT2D eigenvalue weighted by atomic mass is 9.73. The number of esters is 2. The van der Waals surface area contributed by atoms with Crippen LogP contribution >= 0.6 is 11.8 Å². The second-order valence-corrected chi connectivity index (χ2v) is 17.5. The van der Waals surface area contributed by atoms with Crippen LogP contribution in [0.25, 0.3) is 10.9 Å². The molecule has 56 heavy (non-hydrogen) atoms. The first-order valence-corrected chi connectivity index (χ1v) is 20.4. The molecule has 1 aromatic heterocycles. The number of fused-ring (bicyclic) bond motifs is 13. The van der Waals surface area contributed by atoms with Crippen LogP contribution in [-0.4, -0.2) is 96.1 Å². The molecule has 6 aliphatic heterocycles. The summed E-state index contributed by atoms with van der Waals surface area (Å²) in [5.74, 6) is 2.40. The number of carbonyl (C=O) groups is 2. The monoisotopic (exact) mass is 780 g/mol. The van der Waals surface area contributed by atoms with Crippen molar-refractivity contribution in [2.75, 3.05) is 46.9 Å². The number of ether oxygens (including phenoxy) is 6. The number of hydrogen-bond acceptors (Lipinski definition) is 13. The van der Waals surface area contributed by atoms with Crippen LogP contribution in [0, 0.1) is 13.8 Å². The van der Waals surface area contributed by atoms with E-state index in [-0.39, 0.29) is 47.9 Å². The Bertz CT molecular complexity index is 2430. The van der Waals surface area contributed by atoms with Gasteiger partial charge in [-0.05, 0) is 68.6 Å². The van der Waals surface area contributed by atoms with Crippen LogP contribution < -0.4 is 29.0 Å². The van der Waals surface area contributed by atoms with Crippen LogP contribution in [0.3, 0.4) is 0 Å². The Balaban J connectivity index is 1.17. The molecule has 7 heterocycles. The van der Waals surface area contributed by atoms with Crippen LogP contribution in [0.2, 0.25) is 0 Å². The van der Waals surface area contributed by atoms with Crippen LogP contribution in [0.4, 0.5) is 0 Å². The quantitative estimate of drug-likeness (QED) is 0.194. The minimum absolute atomic E-state index is 0.0304. The Kier molecular flexibility index (Phi) is 7.24. The molecule has 7 atom stereocenters. The van der Waals surface area contributed by atoms with Crippen LogP contribution in [0.1, 0.15) is 70.1 Å². The summed E-state index contributed by atoms with van der Waals surface area (Å²) in [7, 11) is 5.39. The van der Waals surface area contributed by atoms with E-state index in [0.29, 0.717) is 52.8 Å². The topological polar surface area (TPSA) is 144 Å². The van der Waals surface area contributed by atoms with E-state index >= 15 is 4.79 Å². The molecule has 2 fully saturated rings. The number of methoxy groups -OCH3 is 2. The number of carbonyl (C=O) groups excluding carboxylic acids is 2. The number of H-pyrrole nitrogens is 1. The maximum atomic E-state index is 15.5. The Morgan fingerprint density at radius 1 is 1.09 bits per heavy atom. The van der Waals surface area contributed by atoms with Gasteiger partial charge in [0.05, 0.1) is 31.2 Å². The number of hydrogen-bond donors (Lipinski definition) is 3. The van der Waals surface area contributed by atoms with Crippen molar-refractivity contribution in [3.8, 4) is 34.5 Å². The van der Waals surface area contributed by atoms with Crippen molar-refractivity contribution in [1.82, 2.24) is 20.1 Å². The number of aromatic amines is 1. The smallest absolute Gasteiger partial charge is 0.334 e. The Hall–Kier alpha value is -4.63. The van der Waals surface area contributed by atoms with Gasteiger partial charge in [-0.15, -0.1) is 11.8 Å². The van der Waals surface area contributed by atoms with Crippen molar-refractivity contribution in [3.63, 3.8) is 0 Å². The van der Waals surface area contributed by atoms with Crippen LogP contribution in [0.15, 0.2) is 24.3 Å². The van der Waals surface area contributed by atoms with Crippen molar-refractivity contribution >= 4 is 34.6 Å². The fraction of sp³-hybridized carbons (Fsp3) is 0.476. The summed E-state index contributed by atoms with van der Waals surface area (Å²) in [6.07, 6.45) is 1.93. The molecule has 3 N–H and O–H groups in total. The summed E-state index contributed by atoms with van der Waals surface area (Å²) in [5, 5.41) is 16.4. The number of rotatable bonds is 3. The molecule has 13 nitrogen and oxygen atoms in total. The first-order valence-electron chi connectivity index (χ1n) is 19.3. The van der Waals surface area contributed by atoms with Gasteiger partial charge in [0.1, 0.15) is 11.5 Å². The van der Waals surface area contributed by atoms with Crippen molar-refractivity contribution in [3.05, 3.63) is 68.9 Å². The SMILES string of the molecule is COc1ccc2[nH]c3c(c2c1)CCN[C@]31CSC2C3C4c5c(cc(C)c(OC)c5O)CC(CN3C3CC2(OC1=O)c1c(OC(C)=O)c(C)c2c(c13)OCO2)N4C. The van der Waals surface area contributed by atoms with Gasteiger partial charge >= 0.3 is 11.9 Å². The van der Waals surface area contributed by atoms with E-state index in [2.05, 4.69) is 33.2 Å². The lowest BCUT2D eigenvalue weighted by Gasteiger charge is -2.60. The molecule has 292 valence electrons. The van der Waals surface area contributed by atoms with E-state index in [1.807, 2.05) is 32.0 Å². The van der Waals surface area contributed by atoms with E-state index in [4.69, 9.17) is 28.4 Å². The Morgan fingerprint density at radius 3 is 2.70 bits per heavy atom. The van der Waals surface area contributed by atoms with Gasteiger partial charge < -0.3 is 38.5 Å². The fourth-order valence-electron chi connectivity index (χ4n) is 11.6. The number of thioether (sulfide) groups is 1. The second-order valence-electron chi connectivity index (χ2n) is 16.4. The number of piperazine rings is 1. The van der Waals surface area contributed by atoms with E-state index in [0.717, 1.165) is 69.6 Å². The zero-order valence-corrected chi connectivity index (χ0v) is 33.0. The number of nitrogens with zero attached hydrogens (tertiary/aromatic N) is 2. The van der Waals surface area contributed by atoms with E-state index in [1.54, 1.807) is 26.0 Å². The number of phenolic OH excluding ortho intramolecular Hbond substituents is 1. The molecule has 0 saturated carbocycles. The van der Waals surface area contributed by atoms with E-state index < -0.39 is 17.1 Å². The van der Waals surface area contributed by atoms with Crippen LogP contribution in [0.5, 0.6) is 34.5 Å². The Morgan fingerprint density at radius 2 is 1.91 bits per heavy atom. The summed E-state index contributed by atoms with van der Waals surface area (Å²) in [6.45, 7) is 6.57. The van der Waals surface area contributed by atoms with Gasteiger partial charge in [0.2, 0.25) is 6.79 Å². The molecule has 1 aliphatic carbocycles. The number of aromatic nitrogens is 1. The fourth-order valence-corrected chi connectivity index (χ4v) is 13.4. The molecule has 0 amide bonds. The highest BCUT2D eigenvalue weighted by atomic mass is 32.2. The van der Waals surface area contributed by atoms with Crippen LogP contribution in [-0.2, 0) is 38.3 Å². The number of aromatic hydroxyl groups is 1. The largest absolute Gasteiger partial charge is 0.504 e. The second kappa shape index (κ2) is 11.7. The number of piperidine rings is 1. The predicted octanol–water partition coefficient (Wildman–Crippen LogP) is 4.80. The van der Waals surface area contributed by atoms with Gasteiger partial charge in [-0.2, -0.15) is 0 Å². The summed E-state index contributed by atoms with van der Waals surface area (Å²) >= 11 is 1.72. The lowest BCUT2D eigenvalue weighted by Crippen LogP contribution is -2.68. The van der Waals surface area contributed by atoms with Crippen molar-refractivity contribution < 1.29 is 43.1 Å². The van der Waals surface area contributed by atoms with Crippen molar-refractivity contribution in [1.29, 1.82) is 0 Å². The Labute approximate surface area is 327 Å². The third-order valence-corrected chi connectivity index (χ3v) is 15.4. The van der Waals surface area contributed by atoms with Gasteiger partial charge in [-0.1, -0.05) is 6.07 Å². The zero-order valence-electron chi connectivity index (χ0n) is 32.2. The first kappa shape index (κ1) is 34.6. The summed E-state index contributed by atoms with van der Waals surface area (Å²) in [6, 6.07) is 7.45. The van der Waals surface area contributed by atoms with E-state index in [1.165, 1.54) is 6.92 Å². The number of aryl methyl sites for hydroxylation is 1. The van der Waals surface area contributed by atoms with Crippen molar-refractivity contribution in [2.24, 2.45) is 0 Å². The number of benzene rings is 3. The first-order chi connectivity index (χ1) is 27.0. The highest BCUT2D eigenvalue weighted by Gasteiger charge is 2.70. The minimum Gasteiger partial charge on any atom is -0.504 e. The van der Waals surface area contributed by atoms with Gasteiger partial charge in [0.15, 0.2) is 34.1 Å². The third kappa shape index (κ3) is 4.22. The molecule has 6 unspecified atom stereocenters. The number of likely N-dealkylation sites (N-methyl/N-ethyl adjacent to an activating group) is 1. The molecule has 7 aliphatic rings. The molecule has 4 bridgehead atoms. The molecule has 11 rings (SSSR count). The molecular weight excluding hydrogens is 737 g/mol. The highest BCUT2D eigenvalue weighted by Crippen LogP contribution is 2.70. The lowest BCUT2D eigenvalue weighted by molar-refractivity contribution is -0.181. The predicted molar refractivity (Wildman–Crippen MR) is 206 cm³/mol. The average Bonchev–Trinajstić information content (AvgIpc) is 3.86.